The summed E-state index contributed by atoms with van der Waals surface area (Å²) in [6, 6.07) is -1.58. The van der Waals surface area contributed by atoms with Gasteiger partial charge in [0.25, 0.3) is 0 Å². The lowest BCUT2D eigenvalue weighted by Crippen LogP contribution is -2.60. The number of nitrogens with one attached hydrogen (secondary N) is 5. The molecule has 0 bridgehead atoms. The van der Waals surface area contributed by atoms with Crippen LogP contribution >= 0.6 is 0 Å². The van der Waals surface area contributed by atoms with E-state index in [1.165, 1.54) is 19.1 Å². The molecule has 310 valence electrons. The molecule has 0 unspecified atom stereocenters. The van der Waals surface area contributed by atoms with Crippen LogP contribution in [0.5, 0.6) is 5.75 Å². The second-order valence-electron chi connectivity index (χ2n) is 14.3. The Bertz CT molecular complexity index is 1440. The number of aliphatic hydroxyl groups is 1. The zero-order chi connectivity index (χ0) is 41.8. The van der Waals surface area contributed by atoms with E-state index in [1.807, 2.05) is 13.8 Å². The second-order valence-corrected chi connectivity index (χ2v) is 14.3. The minimum Gasteiger partial charge on any atom is -0.508 e. The molecule has 0 saturated carbocycles. The van der Waals surface area contributed by atoms with Crippen LogP contribution in [0.4, 0.5) is 0 Å². The van der Waals surface area contributed by atoms with Gasteiger partial charge >= 0.3 is 5.97 Å². The average Bonchev–Trinajstić information content (AvgIpc) is 3.10. The van der Waals surface area contributed by atoms with Gasteiger partial charge in [-0.05, 0) is 81.5 Å². The summed E-state index contributed by atoms with van der Waals surface area (Å²) in [7, 11) is 0. The highest BCUT2D eigenvalue weighted by atomic mass is 16.4. The molecule has 55 heavy (non-hydrogen) atoms. The maximum atomic E-state index is 13.9. The molecule has 1 aromatic carbocycles. The number of carboxylic acids is 1. The number of hydrogen-bond donors (Lipinski definition) is 12. The van der Waals surface area contributed by atoms with Gasteiger partial charge in [0, 0.05) is 13.0 Å². The number of aliphatic hydroxyl groups excluding tert-OH is 1. The predicted molar refractivity (Wildman–Crippen MR) is 206 cm³/mol. The molecule has 1 rings (SSSR count). The lowest BCUT2D eigenvalue weighted by atomic mass is 9.99. The molecule has 0 aromatic heterocycles. The highest BCUT2D eigenvalue weighted by molar-refractivity contribution is 5.96. The number of guanidine groups is 1. The van der Waals surface area contributed by atoms with E-state index >= 15 is 0 Å². The van der Waals surface area contributed by atoms with Crippen molar-refractivity contribution < 1.29 is 44.1 Å². The number of aliphatic carboxylic acids is 1. The van der Waals surface area contributed by atoms with Crippen LogP contribution in [0.15, 0.2) is 29.3 Å². The van der Waals surface area contributed by atoms with Gasteiger partial charge in [-0.25, -0.2) is 4.79 Å². The lowest BCUT2D eigenvalue weighted by Gasteiger charge is -2.29. The van der Waals surface area contributed by atoms with E-state index in [1.54, 1.807) is 26.0 Å². The van der Waals surface area contributed by atoms with Crippen molar-refractivity contribution in [3.63, 3.8) is 0 Å². The third-order valence-electron chi connectivity index (χ3n) is 8.56. The van der Waals surface area contributed by atoms with Crippen molar-refractivity contribution in [2.24, 2.45) is 39.8 Å². The van der Waals surface area contributed by atoms with Crippen LogP contribution in [0.2, 0.25) is 0 Å². The van der Waals surface area contributed by atoms with Gasteiger partial charge < -0.3 is 64.8 Å². The zero-order valence-corrected chi connectivity index (χ0v) is 32.4. The molecule has 0 aliphatic heterocycles. The Kier molecular flexibility index (Phi) is 21.3. The summed E-state index contributed by atoms with van der Waals surface area (Å²) in [5.74, 6) is -5.87. The maximum Gasteiger partial charge on any atom is 0.326 e. The monoisotopic (exact) mass is 778 g/mol. The lowest BCUT2D eigenvalue weighted by molar-refractivity contribution is -0.142. The third kappa shape index (κ3) is 18.2. The number of carbonyl (C=O) groups is 6. The van der Waals surface area contributed by atoms with E-state index in [9.17, 15) is 44.1 Å². The highest BCUT2D eigenvalue weighted by Gasteiger charge is 2.34. The quantitative estimate of drug-likeness (QED) is 0.0292. The molecule has 0 radical (unpaired) electrons. The van der Waals surface area contributed by atoms with E-state index in [2.05, 4.69) is 31.6 Å². The Morgan fingerprint density at radius 1 is 0.709 bits per heavy atom. The van der Waals surface area contributed by atoms with Crippen LogP contribution in [-0.4, -0.2) is 112 Å². The number of carbonyl (C=O) groups excluding carboxylic acids is 5. The molecule has 7 atom stereocenters. The van der Waals surface area contributed by atoms with Gasteiger partial charge in [-0.2, -0.15) is 0 Å². The number of aliphatic imine (C=N–C) groups is 1. The predicted octanol–water partition coefficient (Wildman–Crippen LogP) is -1.96. The fourth-order valence-corrected chi connectivity index (χ4v) is 5.38. The summed E-state index contributed by atoms with van der Waals surface area (Å²) in [6.45, 7) is 8.75. The Balaban J connectivity index is 3.38. The van der Waals surface area contributed by atoms with Gasteiger partial charge in [0.2, 0.25) is 29.5 Å². The van der Waals surface area contributed by atoms with Crippen LogP contribution in [0.25, 0.3) is 0 Å². The van der Waals surface area contributed by atoms with Crippen molar-refractivity contribution >= 4 is 41.5 Å². The Hall–Kier alpha value is -5.01. The van der Waals surface area contributed by atoms with Crippen LogP contribution < -0.4 is 49.5 Å². The molecule has 5 amide bonds. The molecular weight excluding hydrogens is 716 g/mol. The van der Waals surface area contributed by atoms with Crippen molar-refractivity contribution in [1.29, 1.82) is 0 Å². The number of amides is 5. The smallest absolute Gasteiger partial charge is 0.326 e. The number of phenolic OH excluding ortho intramolecular Hbond substituents is 1. The number of nitrogens with zero attached hydrogens (tertiary/aromatic N) is 1. The zero-order valence-electron chi connectivity index (χ0n) is 32.4. The largest absolute Gasteiger partial charge is 0.508 e. The van der Waals surface area contributed by atoms with Gasteiger partial charge in [-0.1, -0.05) is 39.8 Å². The number of carboxylic acid groups (broad SMARTS) is 1. The number of rotatable bonds is 25. The summed E-state index contributed by atoms with van der Waals surface area (Å²) >= 11 is 0. The molecule has 0 fully saturated rings. The molecule has 0 heterocycles. The highest BCUT2D eigenvalue weighted by Crippen LogP contribution is 2.14. The summed E-state index contributed by atoms with van der Waals surface area (Å²) < 4.78 is 0. The number of benzene rings is 1. The van der Waals surface area contributed by atoms with Gasteiger partial charge in [-0.15, -0.1) is 0 Å². The Labute approximate surface area is 322 Å². The number of phenols is 1. The molecule has 0 aliphatic carbocycles. The van der Waals surface area contributed by atoms with Crippen LogP contribution in [0, 0.1) is 11.8 Å². The minimum absolute atomic E-state index is 0.0168. The van der Waals surface area contributed by atoms with Crippen LogP contribution in [-0.2, 0) is 35.2 Å². The van der Waals surface area contributed by atoms with Crippen molar-refractivity contribution in [2.75, 3.05) is 13.1 Å². The van der Waals surface area contributed by atoms with Gasteiger partial charge in [0.05, 0.1) is 6.10 Å². The molecule has 19 heteroatoms. The Morgan fingerprint density at radius 3 is 1.76 bits per heavy atom. The van der Waals surface area contributed by atoms with Crippen LogP contribution in [0.1, 0.15) is 78.7 Å². The first-order chi connectivity index (χ1) is 25.8. The SMILES string of the molecule is CC(C)C[C@H](NC(=O)[C@@H](N)[C@@H](C)O)C(=O)N[C@@H](CCCN=C(N)N)C(=O)N[C@H](C(=O)N[C@@H](Cc1ccc(O)cc1)C(=O)N[C@@H](CCCCN)C(=O)O)C(C)C. The average molecular weight is 779 g/mol. The topological polar surface area (TPSA) is 340 Å². The fraction of sp³-hybridized carbons (Fsp3) is 0.639. The van der Waals surface area contributed by atoms with Gasteiger partial charge in [0.1, 0.15) is 42.0 Å². The molecular formula is C36H62N10O9. The number of unbranched alkanes of at least 4 members (excludes halogenated alkanes) is 1. The molecule has 16 N–H and O–H groups in total. The van der Waals surface area contributed by atoms with E-state index in [4.69, 9.17) is 22.9 Å². The molecule has 0 saturated heterocycles. The van der Waals surface area contributed by atoms with E-state index < -0.39 is 83.8 Å². The van der Waals surface area contributed by atoms with Crippen molar-refractivity contribution in [3.05, 3.63) is 29.8 Å². The molecule has 0 aliphatic rings. The maximum absolute atomic E-state index is 13.9. The molecule has 1 aromatic rings. The van der Waals surface area contributed by atoms with Gasteiger partial charge in [0.15, 0.2) is 5.96 Å². The van der Waals surface area contributed by atoms with E-state index in [-0.39, 0.29) is 56.3 Å². The van der Waals surface area contributed by atoms with Crippen LogP contribution in [0.3, 0.4) is 0 Å². The number of aromatic hydroxyl groups is 1. The van der Waals surface area contributed by atoms with E-state index in [0.717, 1.165) is 0 Å². The number of hydrogen-bond acceptors (Lipinski definition) is 11. The summed E-state index contributed by atoms with van der Waals surface area (Å²) in [5, 5.41) is 42.3. The second kappa shape index (κ2) is 24.4. The minimum atomic E-state index is -1.31. The van der Waals surface area contributed by atoms with Crippen molar-refractivity contribution in [1.82, 2.24) is 26.6 Å². The first kappa shape index (κ1) is 48.0. The third-order valence-corrected chi connectivity index (χ3v) is 8.56. The first-order valence-electron chi connectivity index (χ1n) is 18.5. The first-order valence-corrected chi connectivity index (χ1v) is 18.5. The molecule has 0 spiro atoms. The van der Waals surface area contributed by atoms with Crippen molar-refractivity contribution in [2.45, 2.75) is 122 Å². The summed E-state index contributed by atoms with van der Waals surface area (Å²) in [5.41, 5.74) is 22.7. The number of nitrogens with two attached hydrogens (primary N) is 4. The normalized spacial score (nSPS) is 15.0. The standard InChI is InChI=1S/C36H62N10O9/c1-19(2)17-26(44-33(52)28(38)21(5)47)31(50)42-24(10-8-16-41-36(39)40)30(49)46-29(20(3)4)34(53)45-27(18-22-11-13-23(48)14-12-22)32(51)43-25(35(54)55)9-6-7-15-37/h11-14,19-21,24-29,47-48H,6-10,15-18,37-38H2,1-5H3,(H,42,50)(H,43,51)(H,44,52)(H,45,53)(H,46,49)(H,54,55)(H4,39,40,41)/t21-,24+,25+,26+,27+,28+,29+/m1/s1. The summed E-state index contributed by atoms with van der Waals surface area (Å²) in [4.78, 5) is 83.4. The fourth-order valence-electron chi connectivity index (χ4n) is 5.38. The van der Waals surface area contributed by atoms with E-state index in [0.29, 0.717) is 24.9 Å². The van der Waals surface area contributed by atoms with Crippen molar-refractivity contribution in [3.8, 4) is 5.75 Å². The Morgan fingerprint density at radius 2 is 1.24 bits per heavy atom. The molecule has 19 nitrogen and oxygen atoms in total. The summed E-state index contributed by atoms with van der Waals surface area (Å²) in [6.07, 6.45) is 0.227. The van der Waals surface area contributed by atoms with Gasteiger partial charge in [-0.3, -0.25) is 29.0 Å².